The number of aromatic carboxylic acids is 1. The number of carbonyl (C=O) groups excluding carboxylic acids is 1. The van der Waals surface area contributed by atoms with Crippen molar-refractivity contribution in [2.75, 3.05) is 0 Å². The number of terminal acetylenes is 1. The van der Waals surface area contributed by atoms with Crippen molar-refractivity contribution < 1.29 is 14.7 Å². The molecule has 0 saturated carbocycles. The maximum Gasteiger partial charge on any atom is 0.345 e. The highest BCUT2D eigenvalue weighted by molar-refractivity contribution is 7.15. The number of thiophene rings is 1. The molecule has 0 aliphatic carbocycles. The second-order valence-corrected chi connectivity index (χ2v) is 3.91. The Morgan fingerprint density at radius 1 is 1.53 bits per heavy atom. The average molecular weight is 223 g/mol. The molecule has 0 radical (unpaired) electrons. The predicted molar refractivity (Wildman–Crippen MR) is 57.0 cm³/mol. The third-order valence-corrected chi connectivity index (χ3v) is 2.71. The molecule has 1 heterocycles. The molecule has 1 aromatic heterocycles. The van der Waals surface area contributed by atoms with Gasteiger partial charge in [0.15, 0.2) is 0 Å². The van der Waals surface area contributed by atoms with Crippen LogP contribution in [0.15, 0.2) is 12.1 Å². The van der Waals surface area contributed by atoms with Gasteiger partial charge in [0.1, 0.15) is 4.88 Å². The zero-order valence-corrected chi connectivity index (χ0v) is 8.80. The Labute approximate surface area is 90.9 Å². The van der Waals surface area contributed by atoms with Gasteiger partial charge in [-0.3, -0.25) is 4.79 Å². The quantitative estimate of drug-likeness (QED) is 0.756. The Hall–Kier alpha value is -1.80. The zero-order valence-electron chi connectivity index (χ0n) is 7.98. The first-order valence-corrected chi connectivity index (χ1v) is 4.96. The molecule has 1 rings (SSSR count). The van der Waals surface area contributed by atoms with E-state index in [1.165, 1.54) is 12.1 Å². The van der Waals surface area contributed by atoms with E-state index in [1.807, 2.05) is 0 Å². The van der Waals surface area contributed by atoms with Gasteiger partial charge in [0.05, 0.1) is 10.9 Å². The minimum atomic E-state index is -1.04. The van der Waals surface area contributed by atoms with Gasteiger partial charge in [-0.25, -0.2) is 4.79 Å². The van der Waals surface area contributed by atoms with Crippen LogP contribution < -0.4 is 5.32 Å². The number of nitrogens with one attached hydrogen (secondary N) is 1. The molecular formula is C10H9NO3S. The maximum atomic E-state index is 11.5. The lowest BCUT2D eigenvalue weighted by Crippen LogP contribution is -2.30. The van der Waals surface area contributed by atoms with Crippen LogP contribution in [0.5, 0.6) is 0 Å². The van der Waals surface area contributed by atoms with Crippen molar-refractivity contribution in [3.63, 3.8) is 0 Å². The monoisotopic (exact) mass is 223 g/mol. The molecule has 2 N–H and O–H groups in total. The first-order chi connectivity index (χ1) is 7.04. The van der Waals surface area contributed by atoms with Crippen molar-refractivity contribution in [2.24, 2.45) is 0 Å². The summed E-state index contributed by atoms with van der Waals surface area (Å²) in [6, 6.07) is 2.49. The molecular weight excluding hydrogens is 214 g/mol. The van der Waals surface area contributed by atoms with E-state index in [-0.39, 0.29) is 16.8 Å². The minimum absolute atomic E-state index is 0.133. The number of hydrogen-bond donors (Lipinski definition) is 2. The second-order valence-electron chi connectivity index (χ2n) is 2.83. The van der Waals surface area contributed by atoms with Crippen molar-refractivity contribution in [3.05, 3.63) is 21.9 Å². The van der Waals surface area contributed by atoms with Gasteiger partial charge in [-0.05, 0) is 19.1 Å². The van der Waals surface area contributed by atoms with Crippen LogP contribution >= 0.6 is 11.3 Å². The van der Waals surface area contributed by atoms with Crippen molar-refractivity contribution in [3.8, 4) is 12.3 Å². The van der Waals surface area contributed by atoms with Gasteiger partial charge in [-0.15, -0.1) is 17.8 Å². The van der Waals surface area contributed by atoms with E-state index >= 15 is 0 Å². The lowest BCUT2D eigenvalue weighted by Gasteiger charge is -2.04. The summed E-state index contributed by atoms with van der Waals surface area (Å²) in [6.45, 7) is 1.67. The number of hydrogen-bond acceptors (Lipinski definition) is 3. The van der Waals surface area contributed by atoms with Crippen LogP contribution in [-0.2, 0) is 0 Å². The highest BCUT2D eigenvalue weighted by Gasteiger charge is 2.13. The van der Waals surface area contributed by atoms with Crippen molar-refractivity contribution in [1.82, 2.24) is 5.32 Å². The fourth-order valence-electron chi connectivity index (χ4n) is 0.884. The highest BCUT2D eigenvalue weighted by atomic mass is 32.1. The Morgan fingerprint density at radius 3 is 2.60 bits per heavy atom. The number of carboxylic acid groups (broad SMARTS) is 1. The molecule has 4 nitrogen and oxygen atoms in total. The molecule has 0 bridgehead atoms. The van der Waals surface area contributed by atoms with Gasteiger partial charge in [-0.2, -0.15) is 0 Å². The standard InChI is InChI=1S/C10H9NO3S/c1-3-6(2)11-9(12)7-4-5-8(15-7)10(13)14/h1,4-6H,2H3,(H,11,12)(H,13,14). The van der Waals surface area contributed by atoms with Crippen LogP contribution in [0.3, 0.4) is 0 Å². The molecule has 0 spiro atoms. The fourth-order valence-corrected chi connectivity index (χ4v) is 1.63. The molecule has 1 amide bonds. The second kappa shape index (κ2) is 4.62. The summed E-state index contributed by atoms with van der Waals surface area (Å²) in [4.78, 5) is 22.5. The predicted octanol–water partition coefficient (Wildman–Crippen LogP) is 1.20. The zero-order chi connectivity index (χ0) is 11.4. The van der Waals surface area contributed by atoms with Crippen molar-refractivity contribution in [2.45, 2.75) is 13.0 Å². The molecule has 1 atom stereocenters. The van der Waals surface area contributed by atoms with E-state index in [4.69, 9.17) is 11.5 Å². The van der Waals surface area contributed by atoms with Gasteiger partial charge in [0.25, 0.3) is 5.91 Å². The summed E-state index contributed by atoms with van der Waals surface area (Å²) in [7, 11) is 0. The topological polar surface area (TPSA) is 66.4 Å². The van der Waals surface area contributed by atoms with Crippen LogP contribution in [0, 0.1) is 12.3 Å². The van der Waals surface area contributed by atoms with Crippen LogP contribution in [-0.4, -0.2) is 23.0 Å². The molecule has 0 aliphatic rings. The van der Waals surface area contributed by atoms with Gasteiger partial charge in [0.2, 0.25) is 0 Å². The smallest absolute Gasteiger partial charge is 0.345 e. The molecule has 1 unspecified atom stereocenters. The molecule has 5 heteroatoms. The SMILES string of the molecule is C#CC(C)NC(=O)c1ccc(C(=O)O)s1. The summed E-state index contributed by atoms with van der Waals surface area (Å²) in [5.41, 5.74) is 0. The van der Waals surface area contributed by atoms with Gasteiger partial charge < -0.3 is 10.4 Å². The third kappa shape index (κ3) is 2.82. The van der Waals surface area contributed by atoms with Crippen LogP contribution in [0.25, 0.3) is 0 Å². The molecule has 0 aromatic carbocycles. The fraction of sp³-hybridized carbons (Fsp3) is 0.200. The molecule has 0 aliphatic heterocycles. The highest BCUT2D eigenvalue weighted by Crippen LogP contribution is 2.16. The van der Waals surface area contributed by atoms with E-state index in [1.54, 1.807) is 6.92 Å². The Morgan fingerprint density at radius 2 is 2.13 bits per heavy atom. The Bertz CT molecular complexity index is 430. The summed E-state index contributed by atoms with van der Waals surface area (Å²) in [6.07, 6.45) is 5.10. The minimum Gasteiger partial charge on any atom is -0.477 e. The lowest BCUT2D eigenvalue weighted by atomic mass is 10.3. The summed E-state index contributed by atoms with van der Waals surface area (Å²) < 4.78 is 0. The van der Waals surface area contributed by atoms with E-state index in [0.717, 1.165) is 11.3 Å². The van der Waals surface area contributed by atoms with Crippen LogP contribution in [0.2, 0.25) is 0 Å². The molecule has 0 fully saturated rings. The largest absolute Gasteiger partial charge is 0.477 e. The average Bonchev–Trinajstić information content (AvgIpc) is 2.66. The van der Waals surface area contributed by atoms with Gasteiger partial charge >= 0.3 is 5.97 Å². The number of carboxylic acids is 1. The third-order valence-electron chi connectivity index (χ3n) is 1.64. The number of amides is 1. The van der Waals surface area contributed by atoms with Gasteiger partial charge in [-0.1, -0.05) is 5.92 Å². The van der Waals surface area contributed by atoms with Crippen molar-refractivity contribution in [1.29, 1.82) is 0 Å². The first kappa shape index (κ1) is 11.3. The summed E-state index contributed by atoms with van der Waals surface area (Å²) >= 11 is 0.921. The molecule has 0 saturated heterocycles. The summed E-state index contributed by atoms with van der Waals surface area (Å²) in [5.74, 6) is 0.964. The maximum absolute atomic E-state index is 11.5. The Balaban J connectivity index is 2.75. The molecule has 15 heavy (non-hydrogen) atoms. The molecule has 78 valence electrons. The van der Waals surface area contributed by atoms with Crippen LogP contribution in [0.4, 0.5) is 0 Å². The number of rotatable bonds is 3. The number of carbonyl (C=O) groups is 2. The Kier molecular flexibility index (Phi) is 3.47. The van der Waals surface area contributed by atoms with E-state index in [9.17, 15) is 9.59 Å². The van der Waals surface area contributed by atoms with E-state index in [0.29, 0.717) is 4.88 Å². The molecule has 1 aromatic rings. The first-order valence-electron chi connectivity index (χ1n) is 4.14. The summed E-state index contributed by atoms with van der Waals surface area (Å²) in [5, 5.41) is 11.2. The van der Waals surface area contributed by atoms with Crippen molar-refractivity contribution >= 4 is 23.2 Å². The normalized spacial score (nSPS) is 11.5. The lowest BCUT2D eigenvalue weighted by molar-refractivity contribution is 0.0702. The van der Waals surface area contributed by atoms with Gasteiger partial charge in [0, 0.05) is 0 Å². The van der Waals surface area contributed by atoms with E-state index < -0.39 is 5.97 Å². The van der Waals surface area contributed by atoms with E-state index in [2.05, 4.69) is 11.2 Å². The van der Waals surface area contributed by atoms with Crippen LogP contribution in [0.1, 0.15) is 26.3 Å².